The maximum Gasteiger partial charge on any atom is 0.254 e. The fraction of sp³-hybridized carbons (Fsp3) is 0.150. The standard InChI is InChI=1S/C20H19FN4O2/c1-14-10-11-22-25(14)18-8-6-15(7-9-18)20(27)24(2)13-19(26)23-17-5-3-4-16(21)12-17/h3-12H,13H2,1-2H3,(H,23,26). The van der Waals surface area contributed by atoms with Crippen molar-refractivity contribution >= 4 is 17.5 Å². The number of likely N-dealkylation sites (N-methyl/N-ethyl adjacent to an activating group) is 1. The molecule has 1 heterocycles. The van der Waals surface area contributed by atoms with E-state index < -0.39 is 11.7 Å². The van der Waals surface area contributed by atoms with E-state index in [9.17, 15) is 14.0 Å². The second-order valence-corrected chi connectivity index (χ2v) is 6.15. The molecule has 0 aliphatic carbocycles. The van der Waals surface area contributed by atoms with Crippen molar-refractivity contribution in [1.82, 2.24) is 14.7 Å². The molecule has 27 heavy (non-hydrogen) atoms. The third-order valence-electron chi connectivity index (χ3n) is 4.03. The number of hydrogen-bond donors (Lipinski definition) is 1. The summed E-state index contributed by atoms with van der Waals surface area (Å²) in [5.41, 5.74) is 2.64. The van der Waals surface area contributed by atoms with Crippen molar-refractivity contribution in [3.63, 3.8) is 0 Å². The average Bonchev–Trinajstić information content (AvgIpc) is 3.07. The molecule has 0 aliphatic heterocycles. The van der Waals surface area contributed by atoms with Crippen molar-refractivity contribution in [1.29, 1.82) is 0 Å². The number of anilines is 1. The topological polar surface area (TPSA) is 67.2 Å². The number of carbonyl (C=O) groups excluding carboxylic acids is 2. The summed E-state index contributed by atoms with van der Waals surface area (Å²) in [6, 6.07) is 14.5. The second-order valence-electron chi connectivity index (χ2n) is 6.15. The summed E-state index contributed by atoms with van der Waals surface area (Å²) in [6.07, 6.45) is 1.71. The van der Waals surface area contributed by atoms with Crippen LogP contribution >= 0.6 is 0 Å². The molecule has 0 unspecified atom stereocenters. The fourth-order valence-corrected chi connectivity index (χ4v) is 2.66. The molecule has 0 radical (unpaired) electrons. The average molecular weight is 366 g/mol. The Hall–Kier alpha value is -3.48. The molecule has 2 aromatic carbocycles. The van der Waals surface area contributed by atoms with Gasteiger partial charge < -0.3 is 10.2 Å². The quantitative estimate of drug-likeness (QED) is 0.755. The zero-order valence-corrected chi connectivity index (χ0v) is 15.0. The Bertz CT molecular complexity index is 966. The van der Waals surface area contributed by atoms with Crippen LogP contribution in [0, 0.1) is 12.7 Å². The zero-order chi connectivity index (χ0) is 19.4. The molecular weight excluding hydrogens is 347 g/mol. The lowest BCUT2D eigenvalue weighted by Gasteiger charge is -2.17. The highest BCUT2D eigenvalue weighted by atomic mass is 19.1. The molecule has 0 fully saturated rings. The van der Waals surface area contributed by atoms with Crippen LogP contribution in [0.3, 0.4) is 0 Å². The number of aromatic nitrogens is 2. The van der Waals surface area contributed by atoms with E-state index in [-0.39, 0.29) is 12.5 Å². The van der Waals surface area contributed by atoms with Crippen LogP contribution in [0.1, 0.15) is 16.1 Å². The van der Waals surface area contributed by atoms with Crippen LogP contribution in [0.15, 0.2) is 60.8 Å². The molecule has 0 saturated carbocycles. The van der Waals surface area contributed by atoms with Crippen LogP contribution < -0.4 is 5.32 Å². The highest BCUT2D eigenvalue weighted by molar-refractivity contribution is 5.99. The van der Waals surface area contributed by atoms with Gasteiger partial charge in [-0.1, -0.05) is 6.07 Å². The van der Waals surface area contributed by atoms with Crippen LogP contribution in [0.5, 0.6) is 0 Å². The van der Waals surface area contributed by atoms with E-state index in [1.54, 1.807) is 48.3 Å². The van der Waals surface area contributed by atoms with Gasteiger partial charge in [-0.2, -0.15) is 5.10 Å². The van der Waals surface area contributed by atoms with E-state index in [1.807, 2.05) is 13.0 Å². The highest BCUT2D eigenvalue weighted by Crippen LogP contribution is 2.13. The summed E-state index contributed by atoms with van der Waals surface area (Å²) in [5.74, 6) is -1.13. The number of halogens is 1. The Labute approximate surface area is 156 Å². The molecule has 0 bridgehead atoms. The number of hydrogen-bond acceptors (Lipinski definition) is 3. The van der Waals surface area contributed by atoms with Crippen LogP contribution in [0.4, 0.5) is 10.1 Å². The molecule has 1 N–H and O–H groups in total. The van der Waals surface area contributed by atoms with Gasteiger partial charge in [-0.15, -0.1) is 0 Å². The number of amides is 2. The zero-order valence-electron chi connectivity index (χ0n) is 15.0. The van der Waals surface area contributed by atoms with Crippen molar-refractivity contribution < 1.29 is 14.0 Å². The van der Waals surface area contributed by atoms with E-state index in [4.69, 9.17) is 0 Å². The Morgan fingerprint density at radius 3 is 2.52 bits per heavy atom. The first kappa shape index (κ1) is 18.3. The van der Waals surface area contributed by atoms with E-state index in [1.165, 1.54) is 23.1 Å². The normalized spacial score (nSPS) is 10.5. The molecule has 3 rings (SSSR count). The second kappa shape index (κ2) is 7.82. The Balaban J connectivity index is 1.63. The van der Waals surface area contributed by atoms with Gasteiger partial charge in [0.25, 0.3) is 5.91 Å². The maximum atomic E-state index is 13.2. The van der Waals surface area contributed by atoms with E-state index >= 15 is 0 Å². The molecule has 1 aromatic heterocycles. The first-order chi connectivity index (χ1) is 12.9. The summed E-state index contributed by atoms with van der Waals surface area (Å²) in [6.45, 7) is 1.80. The lowest BCUT2D eigenvalue weighted by Crippen LogP contribution is -2.34. The summed E-state index contributed by atoms with van der Waals surface area (Å²) < 4.78 is 14.9. The van der Waals surface area contributed by atoms with Crippen LogP contribution in [-0.4, -0.2) is 40.1 Å². The summed E-state index contributed by atoms with van der Waals surface area (Å²) in [7, 11) is 1.54. The van der Waals surface area contributed by atoms with Gasteiger partial charge in [0, 0.05) is 30.2 Å². The lowest BCUT2D eigenvalue weighted by molar-refractivity contribution is -0.116. The van der Waals surface area contributed by atoms with E-state index in [0.29, 0.717) is 11.3 Å². The number of aryl methyl sites for hydroxylation is 1. The van der Waals surface area contributed by atoms with Gasteiger partial charge in [-0.05, 0) is 55.5 Å². The lowest BCUT2D eigenvalue weighted by atomic mass is 10.2. The van der Waals surface area contributed by atoms with Gasteiger partial charge in [0.1, 0.15) is 5.82 Å². The number of nitrogens with one attached hydrogen (secondary N) is 1. The molecule has 6 nitrogen and oxygen atoms in total. The number of carbonyl (C=O) groups is 2. The summed E-state index contributed by atoms with van der Waals surface area (Å²) in [4.78, 5) is 25.9. The molecule has 0 saturated heterocycles. The SMILES string of the molecule is Cc1ccnn1-c1ccc(C(=O)N(C)CC(=O)Nc2cccc(F)c2)cc1. The van der Waals surface area contributed by atoms with Gasteiger partial charge in [0.15, 0.2) is 0 Å². The smallest absolute Gasteiger partial charge is 0.254 e. The van der Waals surface area contributed by atoms with E-state index in [0.717, 1.165) is 11.4 Å². The summed E-state index contributed by atoms with van der Waals surface area (Å²) in [5, 5.41) is 6.79. The predicted octanol–water partition coefficient (Wildman–Crippen LogP) is 3.03. The van der Waals surface area contributed by atoms with Gasteiger partial charge >= 0.3 is 0 Å². The van der Waals surface area contributed by atoms with Gasteiger partial charge in [0.05, 0.1) is 12.2 Å². The molecule has 0 spiro atoms. The molecule has 2 amide bonds. The van der Waals surface area contributed by atoms with Gasteiger partial charge in [0.2, 0.25) is 5.91 Å². The van der Waals surface area contributed by atoms with Crippen molar-refractivity contribution in [2.24, 2.45) is 0 Å². The van der Waals surface area contributed by atoms with Gasteiger partial charge in [-0.25, -0.2) is 9.07 Å². The molecule has 0 atom stereocenters. The summed E-state index contributed by atoms with van der Waals surface area (Å²) >= 11 is 0. The van der Waals surface area contributed by atoms with Crippen molar-refractivity contribution in [2.75, 3.05) is 18.9 Å². The number of nitrogens with zero attached hydrogens (tertiary/aromatic N) is 3. The van der Waals surface area contributed by atoms with Crippen LogP contribution in [0.25, 0.3) is 5.69 Å². The first-order valence-corrected chi connectivity index (χ1v) is 8.36. The first-order valence-electron chi connectivity index (χ1n) is 8.36. The minimum atomic E-state index is -0.440. The van der Waals surface area contributed by atoms with Crippen molar-refractivity contribution in [2.45, 2.75) is 6.92 Å². The third kappa shape index (κ3) is 4.38. The molecular formula is C20H19FN4O2. The fourth-order valence-electron chi connectivity index (χ4n) is 2.66. The maximum absolute atomic E-state index is 13.2. The highest BCUT2D eigenvalue weighted by Gasteiger charge is 2.15. The van der Waals surface area contributed by atoms with E-state index in [2.05, 4.69) is 10.4 Å². The van der Waals surface area contributed by atoms with Crippen LogP contribution in [0.2, 0.25) is 0 Å². The molecule has 138 valence electrons. The number of benzene rings is 2. The molecule has 3 aromatic rings. The predicted molar refractivity (Wildman–Crippen MR) is 100 cm³/mol. The minimum Gasteiger partial charge on any atom is -0.332 e. The molecule has 7 heteroatoms. The number of rotatable bonds is 5. The largest absolute Gasteiger partial charge is 0.332 e. The Morgan fingerprint density at radius 2 is 1.89 bits per heavy atom. The Morgan fingerprint density at radius 1 is 1.15 bits per heavy atom. The monoisotopic (exact) mass is 366 g/mol. The third-order valence-corrected chi connectivity index (χ3v) is 4.03. The van der Waals surface area contributed by atoms with Gasteiger partial charge in [-0.3, -0.25) is 9.59 Å². The van der Waals surface area contributed by atoms with Crippen molar-refractivity contribution in [3.8, 4) is 5.69 Å². The minimum absolute atomic E-state index is 0.143. The van der Waals surface area contributed by atoms with Crippen LogP contribution in [-0.2, 0) is 4.79 Å². The Kier molecular flexibility index (Phi) is 5.30. The van der Waals surface area contributed by atoms with Crippen molar-refractivity contribution in [3.05, 3.63) is 77.9 Å². The molecule has 0 aliphatic rings.